The number of nitrogens with one attached hydrogen (secondary N) is 2. The largest absolute Gasteiger partial charge is 0.492 e. The Bertz CT molecular complexity index is 393. The first-order chi connectivity index (χ1) is 9.19. The summed E-state index contributed by atoms with van der Waals surface area (Å²) in [6.07, 6.45) is 2.09. The molecule has 0 aromatic heterocycles. The van der Waals surface area contributed by atoms with E-state index in [4.69, 9.17) is 4.74 Å². The molecular formula is C15H24N2O2. The van der Waals surface area contributed by atoms with Crippen LogP contribution in [0.3, 0.4) is 0 Å². The van der Waals surface area contributed by atoms with E-state index in [2.05, 4.69) is 17.6 Å². The summed E-state index contributed by atoms with van der Waals surface area (Å²) in [5.41, 5.74) is 0.850. The molecule has 1 aromatic carbocycles. The van der Waals surface area contributed by atoms with E-state index in [0.29, 0.717) is 6.61 Å². The van der Waals surface area contributed by atoms with Crippen LogP contribution in [0.2, 0.25) is 0 Å². The van der Waals surface area contributed by atoms with E-state index < -0.39 is 0 Å². The summed E-state index contributed by atoms with van der Waals surface area (Å²) in [5, 5.41) is 6.10. The van der Waals surface area contributed by atoms with E-state index >= 15 is 0 Å². The molecule has 1 unspecified atom stereocenters. The maximum absolute atomic E-state index is 11.9. The number of carbonyl (C=O) groups excluding carboxylic acids is 1. The van der Waals surface area contributed by atoms with E-state index in [1.165, 1.54) is 0 Å². The lowest BCUT2D eigenvalue weighted by molar-refractivity contribution is -0.121. The average molecular weight is 264 g/mol. The number of rotatable bonds is 8. The lowest BCUT2D eigenvalue weighted by Crippen LogP contribution is -2.38. The summed E-state index contributed by atoms with van der Waals surface area (Å²) in [5.74, 6) is 0.790. The highest BCUT2D eigenvalue weighted by Crippen LogP contribution is 2.24. The summed E-state index contributed by atoms with van der Waals surface area (Å²) >= 11 is 0. The predicted molar refractivity (Wildman–Crippen MR) is 78.6 cm³/mol. The fourth-order valence-corrected chi connectivity index (χ4v) is 1.71. The third-order valence-electron chi connectivity index (χ3n) is 2.78. The molecule has 0 aliphatic rings. The summed E-state index contributed by atoms with van der Waals surface area (Å²) in [6.45, 7) is 7.23. The Labute approximate surface area is 115 Å². The molecule has 1 amide bonds. The van der Waals surface area contributed by atoms with Gasteiger partial charge in [0.25, 0.3) is 0 Å². The number of unbranched alkanes of at least 4 members (excludes halogenated alkanes) is 1. The van der Waals surface area contributed by atoms with Crippen LogP contribution in [0.25, 0.3) is 0 Å². The van der Waals surface area contributed by atoms with E-state index in [1.54, 1.807) is 0 Å². The number of para-hydroxylation sites is 2. The van der Waals surface area contributed by atoms with Gasteiger partial charge in [-0.3, -0.25) is 4.79 Å². The first-order valence-corrected chi connectivity index (χ1v) is 6.95. The Morgan fingerprint density at radius 1 is 1.32 bits per heavy atom. The van der Waals surface area contributed by atoms with Crippen molar-refractivity contribution in [2.24, 2.45) is 0 Å². The molecule has 1 rings (SSSR count). The van der Waals surface area contributed by atoms with Crippen LogP contribution in [0.5, 0.6) is 5.75 Å². The van der Waals surface area contributed by atoms with Crippen LogP contribution in [-0.4, -0.2) is 25.1 Å². The van der Waals surface area contributed by atoms with Gasteiger partial charge < -0.3 is 15.4 Å². The van der Waals surface area contributed by atoms with Gasteiger partial charge in [0, 0.05) is 6.54 Å². The smallest absolute Gasteiger partial charge is 0.242 e. The average Bonchev–Trinajstić information content (AvgIpc) is 2.41. The molecule has 0 saturated heterocycles. The molecule has 0 spiro atoms. The van der Waals surface area contributed by atoms with Crippen molar-refractivity contribution in [2.75, 3.05) is 18.5 Å². The highest BCUT2D eigenvalue weighted by Gasteiger charge is 2.13. The van der Waals surface area contributed by atoms with Gasteiger partial charge in [-0.25, -0.2) is 0 Å². The van der Waals surface area contributed by atoms with Gasteiger partial charge in [0.05, 0.1) is 12.3 Å². The predicted octanol–water partition coefficient (Wildman–Crippen LogP) is 2.80. The third-order valence-corrected chi connectivity index (χ3v) is 2.78. The van der Waals surface area contributed by atoms with Crippen LogP contribution in [0.1, 0.15) is 33.6 Å². The van der Waals surface area contributed by atoms with Crippen molar-refractivity contribution >= 4 is 11.6 Å². The van der Waals surface area contributed by atoms with E-state index in [1.807, 2.05) is 38.1 Å². The Morgan fingerprint density at radius 2 is 2.05 bits per heavy atom. The lowest BCUT2D eigenvalue weighted by Gasteiger charge is -2.17. The molecule has 0 aliphatic carbocycles. The Morgan fingerprint density at radius 3 is 2.74 bits per heavy atom. The van der Waals surface area contributed by atoms with Crippen molar-refractivity contribution in [3.63, 3.8) is 0 Å². The minimum atomic E-state index is -0.279. The van der Waals surface area contributed by atoms with Crippen LogP contribution < -0.4 is 15.4 Å². The Kier molecular flexibility index (Phi) is 6.79. The lowest BCUT2D eigenvalue weighted by atomic mass is 10.2. The molecule has 0 fully saturated rings. The molecule has 4 heteroatoms. The van der Waals surface area contributed by atoms with E-state index in [0.717, 1.165) is 30.8 Å². The SMILES string of the molecule is CCCCNC(=O)C(C)Nc1ccccc1OCC. The van der Waals surface area contributed by atoms with E-state index in [9.17, 15) is 4.79 Å². The molecule has 0 aliphatic heterocycles. The molecule has 1 aromatic rings. The molecule has 0 saturated carbocycles. The van der Waals surface area contributed by atoms with Crippen molar-refractivity contribution in [1.82, 2.24) is 5.32 Å². The number of hydrogen-bond donors (Lipinski definition) is 2. The van der Waals surface area contributed by atoms with Crippen molar-refractivity contribution in [3.8, 4) is 5.75 Å². The van der Waals surface area contributed by atoms with Crippen LogP contribution in [0, 0.1) is 0 Å². The Balaban J connectivity index is 2.55. The van der Waals surface area contributed by atoms with Gasteiger partial charge in [-0.2, -0.15) is 0 Å². The summed E-state index contributed by atoms with van der Waals surface area (Å²) in [6, 6.07) is 7.38. The van der Waals surface area contributed by atoms with Gasteiger partial charge in [0.1, 0.15) is 11.8 Å². The number of ether oxygens (including phenoxy) is 1. The standard InChI is InChI=1S/C15H24N2O2/c1-4-6-11-16-15(18)12(3)17-13-9-7-8-10-14(13)19-5-2/h7-10,12,17H,4-6,11H2,1-3H3,(H,16,18). The normalized spacial score (nSPS) is 11.7. The maximum Gasteiger partial charge on any atom is 0.242 e. The summed E-state index contributed by atoms with van der Waals surface area (Å²) < 4.78 is 5.52. The van der Waals surface area contributed by atoms with E-state index in [-0.39, 0.29) is 11.9 Å². The fourth-order valence-electron chi connectivity index (χ4n) is 1.71. The zero-order valence-electron chi connectivity index (χ0n) is 12.0. The molecule has 0 bridgehead atoms. The van der Waals surface area contributed by atoms with Crippen LogP contribution in [0.15, 0.2) is 24.3 Å². The van der Waals surface area contributed by atoms with Crippen LogP contribution >= 0.6 is 0 Å². The minimum Gasteiger partial charge on any atom is -0.492 e. The molecule has 2 N–H and O–H groups in total. The number of hydrogen-bond acceptors (Lipinski definition) is 3. The Hall–Kier alpha value is -1.71. The number of anilines is 1. The molecule has 19 heavy (non-hydrogen) atoms. The first-order valence-electron chi connectivity index (χ1n) is 6.95. The summed E-state index contributed by atoms with van der Waals surface area (Å²) in [4.78, 5) is 11.9. The van der Waals surface area contributed by atoms with Gasteiger partial charge in [-0.15, -0.1) is 0 Å². The molecule has 1 atom stereocenters. The van der Waals surface area contributed by atoms with Crippen LogP contribution in [0.4, 0.5) is 5.69 Å². The van der Waals surface area contributed by atoms with Crippen LogP contribution in [-0.2, 0) is 4.79 Å². The molecule has 0 heterocycles. The fraction of sp³-hybridized carbons (Fsp3) is 0.533. The quantitative estimate of drug-likeness (QED) is 0.710. The molecule has 0 radical (unpaired) electrons. The zero-order chi connectivity index (χ0) is 14.1. The molecular weight excluding hydrogens is 240 g/mol. The van der Waals surface area contributed by atoms with Gasteiger partial charge in [0.2, 0.25) is 5.91 Å². The second kappa shape index (κ2) is 8.40. The monoisotopic (exact) mass is 264 g/mol. The first kappa shape index (κ1) is 15.3. The zero-order valence-corrected chi connectivity index (χ0v) is 12.0. The summed E-state index contributed by atoms with van der Waals surface area (Å²) in [7, 11) is 0. The third kappa shape index (κ3) is 5.20. The molecule has 4 nitrogen and oxygen atoms in total. The van der Waals surface area contributed by atoms with Crippen molar-refractivity contribution in [3.05, 3.63) is 24.3 Å². The minimum absolute atomic E-state index is 0.0137. The number of carbonyl (C=O) groups is 1. The van der Waals surface area contributed by atoms with Crippen molar-refractivity contribution in [1.29, 1.82) is 0 Å². The maximum atomic E-state index is 11.9. The number of benzene rings is 1. The van der Waals surface area contributed by atoms with Gasteiger partial charge >= 0.3 is 0 Å². The van der Waals surface area contributed by atoms with Crippen molar-refractivity contribution < 1.29 is 9.53 Å². The van der Waals surface area contributed by atoms with Gasteiger partial charge in [-0.05, 0) is 32.4 Å². The van der Waals surface area contributed by atoms with Gasteiger partial charge in [-0.1, -0.05) is 25.5 Å². The molecule has 106 valence electrons. The topological polar surface area (TPSA) is 50.4 Å². The second-order valence-corrected chi connectivity index (χ2v) is 4.44. The number of amides is 1. The van der Waals surface area contributed by atoms with Gasteiger partial charge in [0.15, 0.2) is 0 Å². The van der Waals surface area contributed by atoms with Crippen molar-refractivity contribution in [2.45, 2.75) is 39.7 Å². The highest BCUT2D eigenvalue weighted by molar-refractivity contribution is 5.84. The second-order valence-electron chi connectivity index (χ2n) is 4.44. The highest BCUT2D eigenvalue weighted by atomic mass is 16.5.